The minimum atomic E-state index is 0.289. The van der Waals surface area contributed by atoms with Gasteiger partial charge in [-0.2, -0.15) is 0 Å². The van der Waals surface area contributed by atoms with Gasteiger partial charge in [0.1, 0.15) is 5.75 Å². The fourth-order valence-corrected chi connectivity index (χ4v) is 3.98. The molecule has 0 spiro atoms. The van der Waals surface area contributed by atoms with Gasteiger partial charge >= 0.3 is 0 Å². The van der Waals surface area contributed by atoms with E-state index in [4.69, 9.17) is 4.74 Å². The lowest BCUT2D eigenvalue weighted by Gasteiger charge is -2.23. The first-order chi connectivity index (χ1) is 10.2. The molecule has 2 unspecified atom stereocenters. The maximum absolute atomic E-state index is 5.58. The van der Waals surface area contributed by atoms with Crippen LogP contribution in [0.2, 0.25) is 0 Å². The van der Waals surface area contributed by atoms with Crippen LogP contribution in [0.15, 0.2) is 53.0 Å². The fraction of sp³-hybridized carbons (Fsp3) is 0.333. The second-order valence-electron chi connectivity index (χ2n) is 4.95. The molecule has 2 rings (SSSR count). The highest BCUT2D eigenvalue weighted by Gasteiger charge is 2.21. The van der Waals surface area contributed by atoms with Crippen molar-refractivity contribution in [1.29, 1.82) is 0 Å². The van der Waals surface area contributed by atoms with Crippen molar-refractivity contribution in [2.75, 3.05) is 6.61 Å². The van der Waals surface area contributed by atoms with Crippen LogP contribution in [0.25, 0.3) is 0 Å². The van der Waals surface area contributed by atoms with Crippen molar-refractivity contribution in [3.8, 4) is 5.75 Å². The van der Waals surface area contributed by atoms with Crippen molar-refractivity contribution in [3.63, 3.8) is 0 Å². The third-order valence-corrected chi connectivity index (χ3v) is 5.38. The molecule has 0 saturated heterocycles. The summed E-state index contributed by atoms with van der Waals surface area (Å²) < 4.78 is 6.59. The van der Waals surface area contributed by atoms with E-state index in [1.54, 1.807) is 0 Å². The highest BCUT2D eigenvalue weighted by molar-refractivity contribution is 9.10. The predicted octanol–water partition coefficient (Wildman–Crippen LogP) is 6.48. The quantitative estimate of drug-likeness (QED) is 0.494. The number of hydrogen-bond acceptors (Lipinski definition) is 1. The number of hydrogen-bond donors (Lipinski definition) is 0. The number of ether oxygens (including phenoxy) is 1. The van der Waals surface area contributed by atoms with Crippen LogP contribution in [-0.2, 0) is 0 Å². The Morgan fingerprint density at radius 2 is 1.71 bits per heavy atom. The molecule has 0 aliphatic rings. The molecule has 0 radical (unpaired) electrons. The SMILES string of the molecule is CCOc1ccc(C(Br)C(CC)c2ccccc2)cc1Br. The monoisotopic (exact) mass is 410 g/mol. The summed E-state index contributed by atoms with van der Waals surface area (Å²) in [7, 11) is 0. The summed E-state index contributed by atoms with van der Waals surface area (Å²) in [5.41, 5.74) is 2.63. The highest BCUT2D eigenvalue weighted by atomic mass is 79.9. The minimum absolute atomic E-state index is 0.289. The summed E-state index contributed by atoms with van der Waals surface area (Å²) in [5, 5.41) is 0. The van der Waals surface area contributed by atoms with Crippen molar-refractivity contribution in [1.82, 2.24) is 0 Å². The van der Waals surface area contributed by atoms with Gasteiger partial charge in [-0.05, 0) is 52.5 Å². The molecule has 2 atom stereocenters. The van der Waals surface area contributed by atoms with E-state index in [-0.39, 0.29) is 4.83 Å². The first-order valence-electron chi connectivity index (χ1n) is 7.28. The normalized spacial score (nSPS) is 13.7. The van der Waals surface area contributed by atoms with Crippen molar-refractivity contribution < 1.29 is 4.74 Å². The first kappa shape index (κ1) is 16.6. The summed E-state index contributed by atoms with van der Waals surface area (Å²) in [6.45, 7) is 4.91. The highest BCUT2D eigenvalue weighted by Crippen LogP contribution is 2.41. The van der Waals surface area contributed by atoms with Crippen LogP contribution in [0, 0.1) is 0 Å². The van der Waals surface area contributed by atoms with Crippen LogP contribution in [0.3, 0.4) is 0 Å². The predicted molar refractivity (Wildman–Crippen MR) is 96.5 cm³/mol. The second-order valence-corrected chi connectivity index (χ2v) is 6.79. The molecular formula is C18H20Br2O. The lowest BCUT2D eigenvalue weighted by atomic mass is 9.90. The summed E-state index contributed by atoms with van der Waals surface area (Å²) in [5.74, 6) is 1.35. The van der Waals surface area contributed by atoms with Gasteiger partial charge in [-0.3, -0.25) is 0 Å². The summed E-state index contributed by atoms with van der Waals surface area (Å²) in [6.07, 6.45) is 1.09. The molecule has 2 aromatic rings. The maximum atomic E-state index is 5.58. The lowest BCUT2D eigenvalue weighted by molar-refractivity contribution is 0.338. The number of benzene rings is 2. The molecule has 112 valence electrons. The van der Waals surface area contributed by atoms with E-state index in [2.05, 4.69) is 81.2 Å². The van der Waals surface area contributed by atoms with Gasteiger partial charge in [0.05, 0.1) is 11.1 Å². The smallest absolute Gasteiger partial charge is 0.133 e. The Morgan fingerprint density at radius 1 is 1.00 bits per heavy atom. The van der Waals surface area contributed by atoms with E-state index in [9.17, 15) is 0 Å². The Hall–Kier alpha value is -0.800. The van der Waals surface area contributed by atoms with E-state index in [1.165, 1.54) is 11.1 Å². The van der Waals surface area contributed by atoms with E-state index in [0.717, 1.165) is 16.6 Å². The summed E-state index contributed by atoms with van der Waals surface area (Å²) >= 11 is 7.48. The number of alkyl halides is 1. The molecule has 0 heterocycles. The van der Waals surface area contributed by atoms with E-state index < -0.39 is 0 Å². The molecule has 0 aliphatic carbocycles. The zero-order valence-corrected chi connectivity index (χ0v) is 15.5. The summed E-state index contributed by atoms with van der Waals surface area (Å²) in [4.78, 5) is 0.289. The van der Waals surface area contributed by atoms with Crippen molar-refractivity contribution >= 4 is 31.9 Å². The Balaban J connectivity index is 2.25. The van der Waals surface area contributed by atoms with E-state index in [0.29, 0.717) is 12.5 Å². The minimum Gasteiger partial charge on any atom is -0.493 e. The molecule has 0 saturated carbocycles. The Kier molecular flexibility index (Phi) is 6.31. The molecule has 3 heteroatoms. The lowest BCUT2D eigenvalue weighted by Crippen LogP contribution is -2.05. The molecular weight excluding hydrogens is 392 g/mol. The first-order valence-corrected chi connectivity index (χ1v) is 8.99. The van der Waals surface area contributed by atoms with Crippen LogP contribution >= 0.6 is 31.9 Å². The molecule has 2 aromatic carbocycles. The van der Waals surface area contributed by atoms with Crippen molar-refractivity contribution in [2.45, 2.75) is 31.0 Å². The zero-order valence-electron chi connectivity index (χ0n) is 12.4. The van der Waals surface area contributed by atoms with Gasteiger partial charge in [0, 0.05) is 10.7 Å². The third-order valence-electron chi connectivity index (χ3n) is 3.60. The van der Waals surface area contributed by atoms with Gasteiger partial charge in [-0.15, -0.1) is 0 Å². The molecule has 1 nitrogen and oxygen atoms in total. The van der Waals surface area contributed by atoms with Crippen LogP contribution in [-0.4, -0.2) is 6.61 Å². The zero-order chi connectivity index (χ0) is 15.2. The fourth-order valence-electron chi connectivity index (χ4n) is 2.51. The standard InChI is InChI=1S/C18H20Br2O/c1-3-15(13-8-6-5-7-9-13)18(20)14-10-11-17(21-4-2)16(19)12-14/h5-12,15,18H,3-4H2,1-2H3. The molecule has 0 aliphatic heterocycles. The molecule has 21 heavy (non-hydrogen) atoms. The van der Waals surface area contributed by atoms with Crippen molar-refractivity contribution in [3.05, 3.63) is 64.1 Å². The molecule has 0 bridgehead atoms. The van der Waals surface area contributed by atoms with Gasteiger partial charge in [0.25, 0.3) is 0 Å². The number of rotatable bonds is 6. The second kappa shape index (κ2) is 8.00. The Bertz CT molecular complexity index is 569. The van der Waals surface area contributed by atoms with Gasteiger partial charge in [-0.25, -0.2) is 0 Å². The Morgan fingerprint density at radius 3 is 2.29 bits per heavy atom. The topological polar surface area (TPSA) is 9.23 Å². The van der Waals surface area contributed by atoms with Crippen LogP contribution in [0.4, 0.5) is 0 Å². The molecule has 0 fully saturated rings. The molecule has 0 aromatic heterocycles. The Labute approximate surface area is 144 Å². The average Bonchev–Trinajstić information content (AvgIpc) is 2.51. The maximum Gasteiger partial charge on any atom is 0.133 e. The third kappa shape index (κ3) is 4.10. The van der Waals surface area contributed by atoms with Crippen LogP contribution in [0.1, 0.15) is 42.1 Å². The van der Waals surface area contributed by atoms with Gasteiger partial charge in [0.2, 0.25) is 0 Å². The average molecular weight is 412 g/mol. The molecule has 0 N–H and O–H groups in total. The largest absolute Gasteiger partial charge is 0.493 e. The summed E-state index contributed by atoms with van der Waals surface area (Å²) in [6, 6.07) is 17.0. The van der Waals surface area contributed by atoms with Crippen LogP contribution < -0.4 is 4.74 Å². The number of halogens is 2. The molecule has 0 amide bonds. The van der Waals surface area contributed by atoms with Gasteiger partial charge < -0.3 is 4.74 Å². The van der Waals surface area contributed by atoms with Gasteiger partial charge in [-0.1, -0.05) is 59.3 Å². The van der Waals surface area contributed by atoms with Crippen molar-refractivity contribution in [2.24, 2.45) is 0 Å². The van der Waals surface area contributed by atoms with E-state index >= 15 is 0 Å². The van der Waals surface area contributed by atoms with Gasteiger partial charge in [0.15, 0.2) is 0 Å². The van der Waals surface area contributed by atoms with Crippen LogP contribution in [0.5, 0.6) is 5.75 Å². The van der Waals surface area contributed by atoms with E-state index in [1.807, 2.05) is 13.0 Å².